The zero-order valence-corrected chi connectivity index (χ0v) is 14.5. The van der Waals surface area contributed by atoms with Crippen LogP contribution >= 0.6 is 11.8 Å². The number of thioether (sulfide) groups is 1. The lowest BCUT2D eigenvalue weighted by Crippen LogP contribution is -2.31. The molecule has 0 saturated carbocycles. The molecule has 2 heterocycles. The number of nitrogens with zero attached hydrogens (tertiary/aromatic N) is 2. The summed E-state index contributed by atoms with van der Waals surface area (Å²) in [5.41, 5.74) is 8.10. The minimum absolute atomic E-state index is 0.0524. The number of rotatable bonds is 2. The molecule has 1 aromatic carbocycles. The van der Waals surface area contributed by atoms with Crippen LogP contribution in [0.25, 0.3) is 0 Å². The van der Waals surface area contributed by atoms with Crippen LogP contribution in [0.4, 0.5) is 0 Å². The third-order valence-electron chi connectivity index (χ3n) is 4.30. The maximum absolute atomic E-state index is 12.8. The van der Waals surface area contributed by atoms with Gasteiger partial charge in [-0.15, -0.1) is 11.8 Å². The first-order chi connectivity index (χ1) is 11.5. The molecule has 0 bridgehead atoms. The molecule has 24 heavy (non-hydrogen) atoms. The Bertz CT molecular complexity index is 936. The molecule has 0 aliphatic carbocycles. The number of hydrogen-bond acceptors (Lipinski definition) is 5. The van der Waals surface area contributed by atoms with Crippen molar-refractivity contribution < 1.29 is 4.74 Å². The summed E-state index contributed by atoms with van der Waals surface area (Å²) in [7, 11) is 1.71. The predicted octanol–water partition coefficient (Wildman–Crippen LogP) is 2.63. The van der Waals surface area contributed by atoms with E-state index in [0.717, 1.165) is 16.2 Å². The van der Waals surface area contributed by atoms with E-state index >= 15 is 0 Å². The summed E-state index contributed by atoms with van der Waals surface area (Å²) in [6.07, 6.45) is 2.00. The highest BCUT2D eigenvalue weighted by Gasteiger charge is 2.33. The summed E-state index contributed by atoms with van der Waals surface area (Å²) in [6, 6.07) is 11.7. The quantitative estimate of drug-likeness (QED) is 0.851. The standard InChI is InChI=1S/C18H17N3O2S/c1-10-8-14-16(18(22)21(10)2)15(13(9-19)17(20)23-14)11-4-6-12(24-3)7-5-11/h4-8,15H,20H2,1-3H3/t15-/m1/s1. The van der Waals surface area contributed by atoms with Gasteiger partial charge in [0.25, 0.3) is 5.56 Å². The molecule has 3 rings (SSSR count). The molecule has 0 fully saturated rings. The Morgan fingerprint density at radius 1 is 1.33 bits per heavy atom. The molecule has 0 radical (unpaired) electrons. The average Bonchev–Trinajstić information content (AvgIpc) is 2.59. The molecule has 0 unspecified atom stereocenters. The van der Waals surface area contributed by atoms with Gasteiger partial charge in [0.1, 0.15) is 17.4 Å². The smallest absolute Gasteiger partial charge is 0.258 e. The van der Waals surface area contributed by atoms with Crippen LogP contribution in [-0.4, -0.2) is 10.8 Å². The van der Waals surface area contributed by atoms with Gasteiger partial charge >= 0.3 is 0 Å². The third-order valence-corrected chi connectivity index (χ3v) is 5.05. The second-order valence-corrected chi connectivity index (χ2v) is 6.51. The summed E-state index contributed by atoms with van der Waals surface area (Å²) in [5.74, 6) is -0.0448. The van der Waals surface area contributed by atoms with E-state index in [2.05, 4.69) is 6.07 Å². The number of aryl methyl sites for hydroxylation is 1. The van der Waals surface area contributed by atoms with Crippen molar-refractivity contribution >= 4 is 11.8 Å². The Balaban J connectivity index is 2.28. The van der Waals surface area contributed by atoms with Crippen molar-refractivity contribution in [3.8, 4) is 11.8 Å². The summed E-state index contributed by atoms with van der Waals surface area (Å²) in [6.45, 7) is 1.83. The summed E-state index contributed by atoms with van der Waals surface area (Å²) < 4.78 is 7.12. The first-order valence-corrected chi connectivity index (χ1v) is 8.62. The Morgan fingerprint density at radius 2 is 2.00 bits per heavy atom. The van der Waals surface area contributed by atoms with Gasteiger partial charge in [0, 0.05) is 23.7 Å². The Morgan fingerprint density at radius 3 is 2.58 bits per heavy atom. The average molecular weight is 339 g/mol. The number of ether oxygens (including phenoxy) is 1. The van der Waals surface area contributed by atoms with Gasteiger partial charge in [-0.25, -0.2) is 0 Å². The largest absolute Gasteiger partial charge is 0.440 e. The van der Waals surface area contributed by atoms with E-state index in [4.69, 9.17) is 10.5 Å². The van der Waals surface area contributed by atoms with Gasteiger partial charge in [-0.1, -0.05) is 12.1 Å². The summed E-state index contributed by atoms with van der Waals surface area (Å²) in [4.78, 5) is 13.9. The zero-order valence-electron chi connectivity index (χ0n) is 13.7. The van der Waals surface area contributed by atoms with Crippen molar-refractivity contribution in [1.82, 2.24) is 4.57 Å². The molecular formula is C18H17N3O2S. The van der Waals surface area contributed by atoms with Crippen LogP contribution in [0.1, 0.15) is 22.7 Å². The number of nitriles is 1. The van der Waals surface area contributed by atoms with Crippen molar-refractivity contribution in [1.29, 1.82) is 5.26 Å². The van der Waals surface area contributed by atoms with Crippen LogP contribution in [0.2, 0.25) is 0 Å². The molecule has 122 valence electrons. The molecule has 5 nitrogen and oxygen atoms in total. The van der Waals surface area contributed by atoms with Gasteiger partial charge in [-0.3, -0.25) is 4.79 Å². The maximum Gasteiger partial charge on any atom is 0.258 e. The first-order valence-electron chi connectivity index (χ1n) is 7.40. The van der Waals surface area contributed by atoms with Gasteiger partial charge in [-0.05, 0) is 30.9 Å². The van der Waals surface area contributed by atoms with Crippen molar-refractivity contribution in [3.63, 3.8) is 0 Å². The Hall–Kier alpha value is -2.65. The number of hydrogen-bond donors (Lipinski definition) is 1. The van der Waals surface area contributed by atoms with Crippen LogP contribution in [0.15, 0.2) is 51.5 Å². The van der Waals surface area contributed by atoms with Crippen LogP contribution in [0.5, 0.6) is 5.75 Å². The topological polar surface area (TPSA) is 81.0 Å². The minimum atomic E-state index is -0.519. The second kappa shape index (κ2) is 6.10. The molecule has 1 atom stereocenters. The molecular weight excluding hydrogens is 322 g/mol. The van der Waals surface area contributed by atoms with Crippen molar-refractivity contribution in [2.45, 2.75) is 17.7 Å². The van der Waals surface area contributed by atoms with Gasteiger partial charge in [0.2, 0.25) is 5.88 Å². The predicted molar refractivity (Wildman–Crippen MR) is 93.9 cm³/mol. The van der Waals surface area contributed by atoms with Gasteiger partial charge < -0.3 is 15.0 Å². The number of nitrogens with two attached hydrogens (primary N) is 1. The van der Waals surface area contributed by atoms with Crippen LogP contribution in [-0.2, 0) is 7.05 Å². The summed E-state index contributed by atoms with van der Waals surface area (Å²) >= 11 is 1.63. The van der Waals surface area contributed by atoms with E-state index in [1.807, 2.05) is 37.4 Å². The highest BCUT2D eigenvalue weighted by molar-refractivity contribution is 7.98. The maximum atomic E-state index is 12.8. The van der Waals surface area contributed by atoms with Gasteiger partial charge in [0.15, 0.2) is 0 Å². The fourth-order valence-electron chi connectivity index (χ4n) is 2.87. The SMILES string of the molecule is CSc1ccc([C@@H]2C(C#N)=C(N)Oc3cc(C)n(C)c(=O)c32)cc1. The molecule has 0 spiro atoms. The molecule has 6 heteroatoms. The van der Waals surface area contributed by atoms with Crippen LogP contribution < -0.4 is 16.0 Å². The number of aromatic nitrogens is 1. The number of fused-ring (bicyclic) bond motifs is 1. The molecule has 0 amide bonds. The summed E-state index contributed by atoms with van der Waals surface area (Å²) in [5, 5.41) is 9.55. The second-order valence-electron chi connectivity index (χ2n) is 5.63. The van der Waals surface area contributed by atoms with Gasteiger partial charge in [0.05, 0.1) is 11.5 Å². The van der Waals surface area contributed by atoms with Gasteiger partial charge in [-0.2, -0.15) is 5.26 Å². The normalized spacial score (nSPS) is 16.3. The van der Waals surface area contributed by atoms with Crippen LogP contribution in [0, 0.1) is 18.3 Å². The fourth-order valence-corrected chi connectivity index (χ4v) is 3.28. The lowest BCUT2D eigenvalue weighted by Gasteiger charge is -2.26. The Labute approximate surface area is 144 Å². The highest BCUT2D eigenvalue weighted by atomic mass is 32.2. The fraction of sp³-hybridized carbons (Fsp3) is 0.222. The number of benzene rings is 1. The first kappa shape index (κ1) is 16.2. The van der Waals surface area contributed by atoms with E-state index in [1.54, 1.807) is 29.4 Å². The van der Waals surface area contributed by atoms with Crippen molar-refractivity contribution in [2.24, 2.45) is 12.8 Å². The molecule has 1 aliphatic rings. The molecule has 1 aliphatic heterocycles. The monoisotopic (exact) mass is 339 g/mol. The van der Waals surface area contributed by atoms with Crippen molar-refractivity contribution in [2.75, 3.05) is 6.26 Å². The zero-order chi connectivity index (χ0) is 17.4. The molecule has 2 aromatic rings. The van der Waals surface area contributed by atoms with E-state index in [-0.39, 0.29) is 17.0 Å². The van der Waals surface area contributed by atoms with Crippen molar-refractivity contribution in [3.05, 3.63) is 69.0 Å². The minimum Gasteiger partial charge on any atom is -0.440 e. The third kappa shape index (κ3) is 2.47. The van der Waals surface area contributed by atoms with E-state index in [1.165, 1.54) is 0 Å². The van der Waals surface area contributed by atoms with E-state index < -0.39 is 5.92 Å². The Kier molecular flexibility index (Phi) is 4.12. The van der Waals surface area contributed by atoms with Crippen LogP contribution in [0.3, 0.4) is 0 Å². The van der Waals surface area contributed by atoms with E-state index in [9.17, 15) is 10.1 Å². The molecule has 2 N–H and O–H groups in total. The lowest BCUT2D eigenvalue weighted by molar-refractivity contribution is 0.389. The molecule has 0 saturated heterocycles. The highest BCUT2D eigenvalue weighted by Crippen LogP contribution is 2.40. The number of allylic oxidation sites excluding steroid dienone is 1. The number of pyridine rings is 1. The lowest BCUT2D eigenvalue weighted by atomic mass is 9.84. The van der Waals surface area contributed by atoms with E-state index in [0.29, 0.717) is 11.3 Å². The molecule has 1 aromatic heterocycles.